The molecule has 9 atom stereocenters. The van der Waals surface area contributed by atoms with Gasteiger partial charge in [-0.15, -0.1) is 6.42 Å². The maximum atomic E-state index is 12.8. The fourth-order valence-corrected chi connectivity index (χ4v) is 7.39. The molecule has 5 heteroatoms. The van der Waals surface area contributed by atoms with Crippen LogP contribution in [0.25, 0.3) is 0 Å². The molecule has 4 aliphatic rings. The van der Waals surface area contributed by atoms with Gasteiger partial charge in [0.25, 0.3) is 0 Å². The number of fused-ring (bicyclic) bond motifs is 5. The van der Waals surface area contributed by atoms with Crippen molar-refractivity contribution in [3.63, 3.8) is 0 Å². The van der Waals surface area contributed by atoms with Gasteiger partial charge in [-0.05, 0) is 61.7 Å². The van der Waals surface area contributed by atoms with Crippen molar-refractivity contribution >= 4 is 5.97 Å². The first kappa shape index (κ1) is 19.9. The molecule has 0 aromatic heterocycles. The SMILES string of the molecule is C#CC1(O)CCC2[C@H]3C(C(O)C[C@@]21C)[C@@]1(C)CC[C@H](O)CC1=C[C@H]3C(=O)OC. The number of carbonyl (C=O) groups is 1. The third-order valence-corrected chi connectivity index (χ3v) is 8.94. The Bertz CT molecular complexity index is 753. The molecular formula is C23H32O5. The van der Waals surface area contributed by atoms with Crippen LogP contribution in [0.2, 0.25) is 0 Å². The molecule has 4 unspecified atom stereocenters. The molecule has 0 spiro atoms. The third-order valence-electron chi connectivity index (χ3n) is 8.94. The number of carbonyl (C=O) groups excluding carboxylic acids is 1. The van der Waals surface area contributed by atoms with E-state index in [-0.39, 0.29) is 29.1 Å². The number of rotatable bonds is 1. The van der Waals surface area contributed by atoms with Crippen LogP contribution in [0, 0.1) is 46.8 Å². The Kier molecular flexibility index (Phi) is 4.50. The first-order valence-electron chi connectivity index (χ1n) is 10.5. The lowest BCUT2D eigenvalue weighted by molar-refractivity contribution is -0.176. The quantitative estimate of drug-likeness (QED) is 0.364. The van der Waals surface area contributed by atoms with E-state index in [1.165, 1.54) is 7.11 Å². The van der Waals surface area contributed by atoms with Crippen LogP contribution in [0.3, 0.4) is 0 Å². The highest BCUT2D eigenvalue weighted by Gasteiger charge is 2.68. The minimum absolute atomic E-state index is 0.0347. The molecule has 3 saturated carbocycles. The summed E-state index contributed by atoms with van der Waals surface area (Å²) in [4.78, 5) is 12.8. The first-order chi connectivity index (χ1) is 13.1. The number of esters is 1. The van der Waals surface area contributed by atoms with Crippen molar-refractivity contribution < 1.29 is 24.9 Å². The summed E-state index contributed by atoms with van der Waals surface area (Å²) in [5.41, 5.74) is -1.09. The Balaban J connectivity index is 1.86. The van der Waals surface area contributed by atoms with E-state index in [1.54, 1.807) is 0 Å². The summed E-state index contributed by atoms with van der Waals surface area (Å²) in [6.07, 6.45) is 10.3. The smallest absolute Gasteiger partial charge is 0.312 e. The molecule has 28 heavy (non-hydrogen) atoms. The van der Waals surface area contributed by atoms with Gasteiger partial charge in [0.15, 0.2) is 0 Å². The van der Waals surface area contributed by atoms with Gasteiger partial charge in [-0.1, -0.05) is 31.4 Å². The number of hydrogen-bond acceptors (Lipinski definition) is 5. The van der Waals surface area contributed by atoms with Crippen molar-refractivity contribution in [2.24, 2.45) is 34.5 Å². The molecule has 0 aromatic rings. The van der Waals surface area contributed by atoms with Crippen LogP contribution in [0.4, 0.5) is 0 Å². The fourth-order valence-electron chi connectivity index (χ4n) is 7.39. The lowest BCUT2D eigenvalue weighted by Crippen LogP contribution is -2.62. The first-order valence-corrected chi connectivity index (χ1v) is 10.5. The average molecular weight is 389 g/mol. The van der Waals surface area contributed by atoms with Crippen molar-refractivity contribution in [1.82, 2.24) is 0 Å². The zero-order chi connectivity index (χ0) is 20.5. The van der Waals surface area contributed by atoms with Crippen molar-refractivity contribution in [3.05, 3.63) is 11.6 Å². The lowest BCUT2D eigenvalue weighted by Gasteiger charge is -2.61. The Morgan fingerprint density at radius 3 is 2.64 bits per heavy atom. The van der Waals surface area contributed by atoms with Gasteiger partial charge in [-0.2, -0.15) is 0 Å². The van der Waals surface area contributed by atoms with E-state index in [4.69, 9.17) is 11.2 Å². The molecule has 154 valence electrons. The van der Waals surface area contributed by atoms with Gasteiger partial charge in [-0.25, -0.2) is 0 Å². The Morgan fingerprint density at radius 2 is 2.00 bits per heavy atom. The van der Waals surface area contributed by atoms with Crippen LogP contribution < -0.4 is 0 Å². The highest BCUT2D eigenvalue weighted by molar-refractivity contribution is 5.75. The van der Waals surface area contributed by atoms with Crippen LogP contribution in [-0.4, -0.2) is 46.2 Å². The molecule has 0 radical (unpaired) electrons. The summed E-state index contributed by atoms with van der Waals surface area (Å²) >= 11 is 0. The summed E-state index contributed by atoms with van der Waals surface area (Å²) in [5.74, 6) is 1.61. The summed E-state index contributed by atoms with van der Waals surface area (Å²) in [7, 11) is 1.39. The van der Waals surface area contributed by atoms with Gasteiger partial charge in [0.2, 0.25) is 0 Å². The summed E-state index contributed by atoms with van der Waals surface area (Å²) in [6.45, 7) is 4.15. The summed E-state index contributed by atoms with van der Waals surface area (Å²) in [6, 6.07) is 0. The molecule has 0 aliphatic heterocycles. The van der Waals surface area contributed by atoms with E-state index >= 15 is 0 Å². The molecule has 3 fully saturated rings. The van der Waals surface area contributed by atoms with E-state index in [1.807, 2.05) is 13.0 Å². The predicted molar refractivity (Wildman–Crippen MR) is 104 cm³/mol. The van der Waals surface area contributed by atoms with E-state index in [0.29, 0.717) is 25.7 Å². The van der Waals surface area contributed by atoms with E-state index in [2.05, 4.69) is 12.8 Å². The minimum atomic E-state index is -1.27. The van der Waals surface area contributed by atoms with Crippen LogP contribution in [0.1, 0.15) is 52.4 Å². The van der Waals surface area contributed by atoms with Crippen molar-refractivity contribution in [2.45, 2.75) is 70.2 Å². The molecule has 4 aliphatic carbocycles. The molecule has 0 aromatic carbocycles. The highest BCUT2D eigenvalue weighted by Crippen LogP contribution is 2.68. The average Bonchev–Trinajstić information content (AvgIpc) is 2.92. The topological polar surface area (TPSA) is 87.0 Å². The molecule has 5 nitrogen and oxygen atoms in total. The van der Waals surface area contributed by atoms with Gasteiger partial charge in [-0.3, -0.25) is 4.79 Å². The van der Waals surface area contributed by atoms with Gasteiger partial charge >= 0.3 is 5.97 Å². The third kappa shape index (κ3) is 2.41. The molecule has 0 saturated heterocycles. The molecule has 0 amide bonds. The predicted octanol–water partition coefficient (Wildman–Crippen LogP) is 2.04. The van der Waals surface area contributed by atoms with Crippen LogP contribution in [-0.2, 0) is 9.53 Å². The van der Waals surface area contributed by atoms with Gasteiger partial charge in [0, 0.05) is 5.41 Å². The van der Waals surface area contributed by atoms with Crippen molar-refractivity contribution in [2.75, 3.05) is 7.11 Å². The van der Waals surface area contributed by atoms with Crippen LogP contribution >= 0.6 is 0 Å². The molecular weight excluding hydrogens is 356 g/mol. The zero-order valence-corrected chi connectivity index (χ0v) is 17.0. The van der Waals surface area contributed by atoms with Gasteiger partial charge in [0.1, 0.15) is 5.60 Å². The number of hydrogen-bond donors (Lipinski definition) is 3. The van der Waals surface area contributed by atoms with Crippen LogP contribution in [0.15, 0.2) is 11.6 Å². The normalized spacial score (nSPS) is 52.5. The Morgan fingerprint density at radius 1 is 1.29 bits per heavy atom. The maximum absolute atomic E-state index is 12.8. The number of aliphatic hydroxyl groups is 3. The van der Waals surface area contributed by atoms with Crippen molar-refractivity contribution in [1.29, 1.82) is 0 Å². The largest absolute Gasteiger partial charge is 0.469 e. The van der Waals surface area contributed by atoms with Gasteiger partial charge in [0.05, 0.1) is 25.2 Å². The molecule has 3 N–H and O–H groups in total. The number of aliphatic hydroxyl groups excluding tert-OH is 2. The van der Waals surface area contributed by atoms with Crippen molar-refractivity contribution in [3.8, 4) is 12.3 Å². The lowest BCUT2D eigenvalue weighted by atomic mass is 9.44. The van der Waals surface area contributed by atoms with E-state index < -0.39 is 29.1 Å². The van der Waals surface area contributed by atoms with Gasteiger partial charge < -0.3 is 20.1 Å². The minimum Gasteiger partial charge on any atom is -0.469 e. The molecule has 4 rings (SSSR count). The van der Waals surface area contributed by atoms with Crippen LogP contribution in [0.5, 0.6) is 0 Å². The zero-order valence-electron chi connectivity index (χ0n) is 17.0. The molecule has 0 bridgehead atoms. The second-order valence-corrected chi connectivity index (χ2v) is 10.00. The number of ether oxygens (including phenoxy) is 1. The van der Waals surface area contributed by atoms with E-state index in [0.717, 1.165) is 18.4 Å². The fraction of sp³-hybridized carbons (Fsp3) is 0.783. The van der Waals surface area contributed by atoms with E-state index in [9.17, 15) is 20.1 Å². The highest BCUT2D eigenvalue weighted by atomic mass is 16.5. The number of methoxy groups -OCH3 is 1. The Labute approximate surface area is 167 Å². The second kappa shape index (κ2) is 6.32. The summed E-state index contributed by atoms with van der Waals surface area (Å²) in [5, 5.41) is 32.8. The monoisotopic (exact) mass is 388 g/mol. The second-order valence-electron chi connectivity index (χ2n) is 10.00. The maximum Gasteiger partial charge on any atom is 0.312 e. The Hall–Kier alpha value is -1.35. The standard InChI is InChI=1S/C23H32O5/c1-5-23(27)9-7-16-18-15(20(26)28-4)11-13-10-14(24)6-8-21(13,2)19(18)17(25)12-22(16,23)3/h1,11,14-19,24-25,27H,6-10,12H2,2-4H3/t14-,15+,16?,17?,18-,19?,21-,22-,23?/m0/s1. The molecule has 0 heterocycles. The summed E-state index contributed by atoms with van der Waals surface area (Å²) < 4.78 is 5.14. The number of terminal acetylenes is 1.